The zero-order chi connectivity index (χ0) is 19.3. The first kappa shape index (κ1) is 20.0. The molecule has 1 atom stereocenters. The first-order valence-electron chi connectivity index (χ1n) is 11.8. The maximum atomic E-state index is 12.7. The molecule has 1 amide bonds. The number of amides is 1. The second-order valence-corrected chi connectivity index (χ2v) is 9.33. The van der Waals surface area contributed by atoms with Crippen LogP contribution in [0.3, 0.4) is 0 Å². The summed E-state index contributed by atoms with van der Waals surface area (Å²) in [7, 11) is 0. The van der Waals surface area contributed by atoms with Crippen molar-refractivity contribution < 1.29 is 4.79 Å². The molecule has 6 heteroatoms. The molecular weight excluding hydrogens is 350 g/mol. The molecule has 0 aromatic carbocycles. The Bertz CT molecular complexity index is 551. The Labute approximate surface area is 170 Å². The van der Waals surface area contributed by atoms with Gasteiger partial charge in [0.25, 0.3) is 0 Å². The molecule has 158 valence electrons. The molecule has 0 bridgehead atoms. The van der Waals surface area contributed by atoms with Crippen molar-refractivity contribution >= 4 is 11.9 Å². The van der Waals surface area contributed by atoms with E-state index < -0.39 is 0 Å². The molecule has 2 N–H and O–H groups in total. The van der Waals surface area contributed by atoms with Crippen molar-refractivity contribution in [2.24, 2.45) is 16.8 Å². The monoisotopic (exact) mass is 389 g/mol. The van der Waals surface area contributed by atoms with Gasteiger partial charge in [-0.25, -0.2) is 0 Å². The number of rotatable bonds is 9. The summed E-state index contributed by atoms with van der Waals surface area (Å²) in [6, 6.07) is 1.16. The summed E-state index contributed by atoms with van der Waals surface area (Å²) in [6.07, 6.45) is 11.3. The first-order valence-corrected chi connectivity index (χ1v) is 11.8. The van der Waals surface area contributed by atoms with E-state index in [1.165, 1.54) is 45.1 Å². The Balaban J connectivity index is 1.23. The van der Waals surface area contributed by atoms with Crippen molar-refractivity contribution in [2.45, 2.75) is 76.8 Å². The fraction of sp³-hybridized carbons (Fsp3) is 0.909. The molecule has 4 fully saturated rings. The zero-order valence-electron chi connectivity index (χ0n) is 17.7. The van der Waals surface area contributed by atoms with Crippen LogP contribution in [0.2, 0.25) is 0 Å². The molecule has 1 saturated heterocycles. The van der Waals surface area contributed by atoms with E-state index in [2.05, 4.69) is 27.4 Å². The molecule has 3 aliphatic carbocycles. The maximum Gasteiger partial charge on any atom is 0.225 e. The highest BCUT2D eigenvalue weighted by atomic mass is 16.2. The van der Waals surface area contributed by atoms with E-state index in [1.807, 2.05) is 0 Å². The van der Waals surface area contributed by atoms with Crippen LogP contribution in [0, 0.1) is 11.8 Å². The fourth-order valence-electron chi connectivity index (χ4n) is 4.81. The third-order valence-corrected chi connectivity index (χ3v) is 6.80. The van der Waals surface area contributed by atoms with Gasteiger partial charge in [-0.15, -0.1) is 0 Å². The van der Waals surface area contributed by atoms with Crippen LogP contribution >= 0.6 is 0 Å². The molecule has 6 nitrogen and oxygen atoms in total. The van der Waals surface area contributed by atoms with Crippen molar-refractivity contribution in [1.82, 2.24) is 20.4 Å². The number of aliphatic imine (C=N–C) groups is 1. The summed E-state index contributed by atoms with van der Waals surface area (Å²) < 4.78 is 0. The number of likely N-dealkylation sites (tertiary alicyclic amines) is 1. The van der Waals surface area contributed by atoms with E-state index in [1.54, 1.807) is 0 Å². The van der Waals surface area contributed by atoms with Crippen LogP contribution in [0.15, 0.2) is 4.99 Å². The molecule has 4 aliphatic rings. The third-order valence-electron chi connectivity index (χ3n) is 6.80. The largest absolute Gasteiger partial charge is 0.357 e. The van der Waals surface area contributed by atoms with Crippen molar-refractivity contribution in [3.63, 3.8) is 0 Å². The lowest BCUT2D eigenvalue weighted by molar-refractivity contribution is -0.134. The van der Waals surface area contributed by atoms with Gasteiger partial charge in [0.15, 0.2) is 5.96 Å². The van der Waals surface area contributed by atoms with Crippen LogP contribution in [0.5, 0.6) is 0 Å². The molecule has 4 rings (SSSR count). The van der Waals surface area contributed by atoms with E-state index in [0.717, 1.165) is 69.9 Å². The van der Waals surface area contributed by atoms with Gasteiger partial charge in [-0.05, 0) is 57.8 Å². The smallest absolute Gasteiger partial charge is 0.225 e. The van der Waals surface area contributed by atoms with E-state index in [-0.39, 0.29) is 0 Å². The summed E-state index contributed by atoms with van der Waals surface area (Å²) in [5.74, 6) is 2.56. The molecule has 0 radical (unpaired) electrons. The van der Waals surface area contributed by atoms with Gasteiger partial charge in [0.05, 0.1) is 6.54 Å². The Morgan fingerprint density at radius 1 is 1.11 bits per heavy atom. The molecule has 1 aliphatic heterocycles. The lowest BCUT2D eigenvalue weighted by Gasteiger charge is -2.22. The number of nitrogens with zero attached hydrogens (tertiary/aromatic N) is 3. The standard InChI is InChI=1S/C22H39N5O/c1-2-23-22(24-12-14-26(20-9-10-20)15-17-7-8-17)25-19-11-13-27(16-19)21(28)18-5-3-4-6-18/h17-20H,2-16H2,1H3,(H2,23,24,25). The number of nitrogens with one attached hydrogen (secondary N) is 2. The second kappa shape index (κ2) is 9.47. The van der Waals surface area contributed by atoms with Crippen LogP contribution < -0.4 is 10.6 Å². The normalized spacial score (nSPS) is 26.3. The van der Waals surface area contributed by atoms with Gasteiger partial charge < -0.3 is 15.5 Å². The first-order chi connectivity index (χ1) is 13.7. The predicted molar refractivity (Wildman–Crippen MR) is 113 cm³/mol. The Morgan fingerprint density at radius 2 is 1.89 bits per heavy atom. The predicted octanol–water partition coefficient (Wildman–Crippen LogP) is 2.21. The van der Waals surface area contributed by atoms with Crippen LogP contribution in [-0.4, -0.2) is 73.0 Å². The molecule has 0 aromatic heterocycles. The number of carbonyl (C=O) groups excluding carboxylic acids is 1. The van der Waals surface area contributed by atoms with Crippen molar-refractivity contribution in [3.05, 3.63) is 0 Å². The number of guanidine groups is 1. The molecule has 0 aromatic rings. The van der Waals surface area contributed by atoms with Gasteiger partial charge in [0.1, 0.15) is 0 Å². The highest BCUT2D eigenvalue weighted by Crippen LogP contribution is 2.34. The highest BCUT2D eigenvalue weighted by molar-refractivity contribution is 5.81. The van der Waals surface area contributed by atoms with E-state index in [9.17, 15) is 4.79 Å². The quantitative estimate of drug-likeness (QED) is 0.469. The molecular formula is C22H39N5O. The summed E-state index contributed by atoms with van der Waals surface area (Å²) in [5.41, 5.74) is 0. The molecule has 3 saturated carbocycles. The SMILES string of the molecule is CCNC(=NCCN(CC1CC1)C1CC1)NC1CCN(C(=O)C2CCCC2)C1. The number of hydrogen-bond acceptors (Lipinski definition) is 3. The Morgan fingerprint density at radius 3 is 2.57 bits per heavy atom. The third kappa shape index (κ3) is 5.62. The van der Waals surface area contributed by atoms with Crippen LogP contribution in [-0.2, 0) is 4.79 Å². The topological polar surface area (TPSA) is 60.0 Å². The van der Waals surface area contributed by atoms with Crippen LogP contribution in [0.4, 0.5) is 0 Å². The average Bonchev–Trinajstić information content (AvgIpc) is 3.60. The fourth-order valence-corrected chi connectivity index (χ4v) is 4.81. The molecule has 1 heterocycles. The Hall–Kier alpha value is -1.30. The Kier molecular flexibility index (Phi) is 6.76. The lowest BCUT2D eigenvalue weighted by Crippen LogP contribution is -2.45. The summed E-state index contributed by atoms with van der Waals surface area (Å²) in [5, 5.41) is 6.99. The van der Waals surface area contributed by atoms with Gasteiger partial charge in [-0.3, -0.25) is 14.7 Å². The van der Waals surface area contributed by atoms with Gasteiger partial charge in [0.2, 0.25) is 5.91 Å². The molecule has 28 heavy (non-hydrogen) atoms. The zero-order valence-corrected chi connectivity index (χ0v) is 17.7. The van der Waals surface area contributed by atoms with Gasteiger partial charge in [-0.1, -0.05) is 12.8 Å². The lowest BCUT2D eigenvalue weighted by atomic mass is 10.1. The highest BCUT2D eigenvalue weighted by Gasteiger charge is 2.34. The molecule has 0 spiro atoms. The average molecular weight is 390 g/mol. The van der Waals surface area contributed by atoms with Crippen molar-refractivity contribution in [1.29, 1.82) is 0 Å². The van der Waals surface area contributed by atoms with Crippen LogP contribution in [0.1, 0.15) is 64.7 Å². The second-order valence-electron chi connectivity index (χ2n) is 9.33. The summed E-state index contributed by atoms with van der Waals surface area (Å²) in [6.45, 7) is 7.93. The number of hydrogen-bond donors (Lipinski definition) is 2. The van der Waals surface area contributed by atoms with Gasteiger partial charge in [0, 0.05) is 50.7 Å². The van der Waals surface area contributed by atoms with E-state index >= 15 is 0 Å². The van der Waals surface area contributed by atoms with Gasteiger partial charge >= 0.3 is 0 Å². The van der Waals surface area contributed by atoms with E-state index in [4.69, 9.17) is 4.99 Å². The minimum atomic E-state index is 0.292. The molecule has 1 unspecified atom stereocenters. The van der Waals surface area contributed by atoms with Gasteiger partial charge in [-0.2, -0.15) is 0 Å². The van der Waals surface area contributed by atoms with Crippen molar-refractivity contribution in [3.8, 4) is 0 Å². The van der Waals surface area contributed by atoms with E-state index in [0.29, 0.717) is 17.9 Å². The number of carbonyl (C=O) groups is 1. The van der Waals surface area contributed by atoms with Crippen LogP contribution in [0.25, 0.3) is 0 Å². The summed E-state index contributed by atoms with van der Waals surface area (Å²) >= 11 is 0. The maximum absolute atomic E-state index is 12.7. The van der Waals surface area contributed by atoms with Crippen molar-refractivity contribution in [2.75, 3.05) is 39.3 Å². The summed E-state index contributed by atoms with van der Waals surface area (Å²) in [4.78, 5) is 22.3. The minimum Gasteiger partial charge on any atom is -0.357 e. The minimum absolute atomic E-state index is 0.292.